The van der Waals surface area contributed by atoms with Gasteiger partial charge in [-0.15, -0.1) is 0 Å². The second kappa shape index (κ2) is 6.97. The van der Waals surface area contributed by atoms with E-state index in [0.29, 0.717) is 26.0 Å². The van der Waals surface area contributed by atoms with E-state index in [9.17, 15) is 4.79 Å². The maximum atomic E-state index is 12.0. The molecule has 4 heteroatoms. The van der Waals surface area contributed by atoms with E-state index in [1.165, 1.54) is 0 Å². The van der Waals surface area contributed by atoms with E-state index in [1.54, 1.807) is 7.11 Å². The van der Waals surface area contributed by atoms with E-state index in [0.717, 1.165) is 6.42 Å². The minimum atomic E-state index is -0.564. The number of esters is 1. The minimum absolute atomic E-state index is 0.183. The minimum Gasteiger partial charge on any atom is -0.466 e. The third-order valence-electron chi connectivity index (χ3n) is 3.53. The normalized spacial score (nSPS) is 15.4. The standard InChI is InChI=1S/C13H27NO3/c1-6-13(10-14,11(15)17-7-2)9-8-12(3,4)16-5/h6-10,14H2,1-5H3. The van der Waals surface area contributed by atoms with Crippen LogP contribution in [0, 0.1) is 5.41 Å². The fourth-order valence-corrected chi connectivity index (χ4v) is 1.68. The molecule has 0 aromatic heterocycles. The summed E-state index contributed by atoms with van der Waals surface area (Å²) in [5.41, 5.74) is 4.98. The molecule has 0 radical (unpaired) electrons. The lowest BCUT2D eigenvalue weighted by molar-refractivity contribution is -0.156. The van der Waals surface area contributed by atoms with Crippen LogP contribution in [0.25, 0.3) is 0 Å². The lowest BCUT2D eigenvalue weighted by Crippen LogP contribution is -2.41. The van der Waals surface area contributed by atoms with Gasteiger partial charge in [-0.05, 0) is 40.0 Å². The monoisotopic (exact) mass is 245 g/mol. The van der Waals surface area contributed by atoms with Crippen LogP contribution in [0.5, 0.6) is 0 Å². The Labute approximate surface area is 105 Å². The Morgan fingerprint density at radius 2 is 1.82 bits per heavy atom. The van der Waals surface area contributed by atoms with Gasteiger partial charge in [-0.25, -0.2) is 0 Å². The van der Waals surface area contributed by atoms with Crippen molar-refractivity contribution in [3.8, 4) is 0 Å². The molecule has 0 fully saturated rings. The molecule has 4 nitrogen and oxygen atoms in total. The van der Waals surface area contributed by atoms with Gasteiger partial charge in [0.25, 0.3) is 0 Å². The fraction of sp³-hybridized carbons (Fsp3) is 0.923. The van der Waals surface area contributed by atoms with Crippen molar-refractivity contribution >= 4 is 5.97 Å². The predicted octanol–water partition coefficient (Wildman–Crippen LogP) is 2.11. The molecule has 1 unspecified atom stereocenters. The predicted molar refractivity (Wildman–Crippen MR) is 68.7 cm³/mol. The summed E-state index contributed by atoms with van der Waals surface area (Å²) in [6, 6.07) is 0. The highest BCUT2D eigenvalue weighted by Crippen LogP contribution is 2.32. The highest BCUT2D eigenvalue weighted by Gasteiger charge is 2.38. The first kappa shape index (κ1) is 16.4. The Balaban J connectivity index is 4.67. The molecule has 102 valence electrons. The molecule has 0 saturated heterocycles. The highest BCUT2D eigenvalue weighted by atomic mass is 16.5. The Morgan fingerprint density at radius 1 is 1.24 bits per heavy atom. The van der Waals surface area contributed by atoms with E-state index in [1.807, 2.05) is 27.7 Å². The summed E-state index contributed by atoms with van der Waals surface area (Å²) in [6.45, 7) is 8.53. The third kappa shape index (κ3) is 4.64. The van der Waals surface area contributed by atoms with Crippen molar-refractivity contribution in [2.45, 2.75) is 52.6 Å². The van der Waals surface area contributed by atoms with Gasteiger partial charge in [0.1, 0.15) is 0 Å². The summed E-state index contributed by atoms with van der Waals surface area (Å²) in [5.74, 6) is -0.183. The van der Waals surface area contributed by atoms with Gasteiger partial charge in [0.15, 0.2) is 0 Å². The molecule has 17 heavy (non-hydrogen) atoms. The van der Waals surface area contributed by atoms with Crippen LogP contribution in [-0.2, 0) is 14.3 Å². The molecule has 2 N–H and O–H groups in total. The lowest BCUT2D eigenvalue weighted by atomic mass is 9.78. The van der Waals surface area contributed by atoms with E-state index >= 15 is 0 Å². The van der Waals surface area contributed by atoms with E-state index in [4.69, 9.17) is 15.2 Å². The quantitative estimate of drug-likeness (QED) is 0.665. The highest BCUT2D eigenvalue weighted by molar-refractivity contribution is 5.77. The van der Waals surface area contributed by atoms with Gasteiger partial charge in [-0.3, -0.25) is 4.79 Å². The molecule has 0 amide bonds. The van der Waals surface area contributed by atoms with E-state index in [2.05, 4.69) is 0 Å². The third-order valence-corrected chi connectivity index (χ3v) is 3.53. The number of hydrogen-bond acceptors (Lipinski definition) is 4. The average molecular weight is 245 g/mol. The van der Waals surface area contributed by atoms with Crippen molar-refractivity contribution in [1.29, 1.82) is 0 Å². The fourth-order valence-electron chi connectivity index (χ4n) is 1.68. The zero-order valence-electron chi connectivity index (χ0n) is 11.8. The van der Waals surface area contributed by atoms with Crippen molar-refractivity contribution < 1.29 is 14.3 Å². The summed E-state index contributed by atoms with van der Waals surface area (Å²) < 4.78 is 10.5. The Kier molecular flexibility index (Phi) is 6.72. The molecule has 0 rings (SSSR count). The molecule has 0 aliphatic carbocycles. The van der Waals surface area contributed by atoms with Crippen LogP contribution in [0.1, 0.15) is 47.0 Å². The molecule has 0 aliphatic rings. The molecule has 0 aromatic carbocycles. The molecule has 0 heterocycles. The van der Waals surface area contributed by atoms with Crippen LogP contribution >= 0.6 is 0 Å². The van der Waals surface area contributed by atoms with Gasteiger partial charge in [0, 0.05) is 13.7 Å². The second-order valence-electron chi connectivity index (χ2n) is 5.02. The van der Waals surface area contributed by atoms with Crippen LogP contribution in [-0.4, -0.2) is 31.8 Å². The molecule has 0 aliphatic heterocycles. The Hall–Kier alpha value is -0.610. The first-order valence-corrected chi connectivity index (χ1v) is 6.30. The average Bonchev–Trinajstić information content (AvgIpc) is 2.31. The first-order chi connectivity index (χ1) is 7.87. The molecular formula is C13H27NO3. The van der Waals surface area contributed by atoms with Gasteiger partial charge in [-0.1, -0.05) is 6.92 Å². The van der Waals surface area contributed by atoms with Crippen molar-refractivity contribution in [3.05, 3.63) is 0 Å². The largest absolute Gasteiger partial charge is 0.466 e. The summed E-state index contributed by atoms with van der Waals surface area (Å²) in [6.07, 6.45) is 2.18. The van der Waals surface area contributed by atoms with Crippen molar-refractivity contribution in [2.24, 2.45) is 11.1 Å². The number of nitrogens with two attached hydrogens (primary N) is 1. The smallest absolute Gasteiger partial charge is 0.313 e. The topological polar surface area (TPSA) is 61.5 Å². The first-order valence-electron chi connectivity index (χ1n) is 6.30. The SMILES string of the molecule is CCOC(=O)C(CC)(CN)CCC(C)(C)OC. The van der Waals surface area contributed by atoms with E-state index < -0.39 is 5.41 Å². The molecule has 0 aromatic rings. The number of carbonyl (C=O) groups excluding carboxylic acids is 1. The zero-order chi connectivity index (χ0) is 13.5. The Bertz CT molecular complexity index is 235. The number of hydrogen-bond donors (Lipinski definition) is 1. The number of ether oxygens (including phenoxy) is 2. The molecule has 0 saturated carbocycles. The van der Waals surface area contributed by atoms with Crippen LogP contribution in [0.4, 0.5) is 0 Å². The Morgan fingerprint density at radius 3 is 2.18 bits per heavy atom. The lowest BCUT2D eigenvalue weighted by Gasteiger charge is -2.32. The van der Waals surface area contributed by atoms with E-state index in [-0.39, 0.29) is 11.6 Å². The van der Waals surface area contributed by atoms with Crippen molar-refractivity contribution in [2.75, 3.05) is 20.3 Å². The molecule has 1 atom stereocenters. The van der Waals surface area contributed by atoms with Gasteiger partial charge in [0.2, 0.25) is 0 Å². The van der Waals surface area contributed by atoms with Crippen LogP contribution in [0.3, 0.4) is 0 Å². The summed E-state index contributed by atoms with van der Waals surface area (Å²) >= 11 is 0. The van der Waals surface area contributed by atoms with Crippen LogP contribution in [0.15, 0.2) is 0 Å². The maximum Gasteiger partial charge on any atom is 0.313 e. The number of methoxy groups -OCH3 is 1. The molecule has 0 bridgehead atoms. The van der Waals surface area contributed by atoms with Gasteiger partial charge < -0.3 is 15.2 Å². The number of rotatable bonds is 8. The van der Waals surface area contributed by atoms with Gasteiger partial charge in [-0.2, -0.15) is 0 Å². The van der Waals surface area contributed by atoms with Crippen LogP contribution < -0.4 is 5.73 Å². The summed E-state index contributed by atoms with van der Waals surface area (Å²) in [7, 11) is 1.68. The maximum absolute atomic E-state index is 12.0. The molecule has 0 spiro atoms. The number of carbonyl (C=O) groups is 1. The zero-order valence-corrected chi connectivity index (χ0v) is 11.8. The second-order valence-corrected chi connectivity index (χ2v) is 5.02. The van der Waals surface area contributed by atoms with Crippen molar-refractivity contribution in [3.63, 3.8) is 0 Å². The molecular weight excluding hydrogens is 218 g/mol. The van der Waals surface area contributed by atoms with Gasteiger partial charge in [0.05, 0.1) is 17.6 Å². The summed E-state index contributed by atoms with van der Waals surface area (Å²) in [5, 5.41) is 0. The summed E-state index contributed by atoms with van der Waals surface area (Å²) in [4.78, 5) is 12.0. The van der Waals surface area contributed by atoms with Gasteiger partial charge >= 0.3 is 5.97 Å². The van der Waals surface area contributed by atoms with Crippen molar-refractivity contribution in [1.82, 2.24) is 0 Å². The van der Waals surface area contributed by atoms with Crippen LogP contribution in [0.2, 0.25) is 0 Å².